The molecule has 2 nitrogen and oxygen atoms in total. The topological polar surface area (TPSA) is 40.5 Å². The van der Waals surface area contributed by atoms with Gasteiger partial charge in [0.2, 0.25) is 0 Å². The first kappa shape index (κ1) is 11.1. The summed E-state index contributed by atoms with van der Waals surface area (Å²) in [5.74, 6) is 5.17. The van der Waals surface area contributed by atoms with Crippen LogP contribution in [0.25, 0.3) is 0 Å². The molecule has 2 N–H and O–H groups in total. The molecule has 1 rings (SSSR count). The lowest BCUT2D eigenvalue weighted by Gasteiger charge is -2.14. The molecule has 0 aliphatic heterocycles. The second kappa shape index (κ2) is 5.02. The van der Waals surface area contributed by atoms with Gasteiger partial charge in [-0.1, -0.05) is 30.0 Å². The third-order valence-electron chi connectivity index (χ3n) is 1.70. The van der Waals surface area contributed by atoms with Crippen LogP contribution >= 0.6 is 11.6 Å². The molecular formula is C11H11ClO2. The van der Waals surface area contributed by atoms with E-state index in [9.17, 15) is 5.11 Å². The summed E-state index contributed by atoms with van der Waals surface area (Å²) in [4.78, 5) is 0. The molecule has 1 aromatic carbocycles. The summed E-state index contributed by atoms with van der Waals surface area (Å²) in [5.41, 5.74) is -0.721. The molecular weight excluding hydrogens is 200 g/mol. The van der Waals surface area contributed by atoms with Crippen molar-refractivity contribution in [3.8, 4) is 11.8 Å². The van der Waals surface area contributed by atoms with E-state index >= 15 is 0 Å². The SMILES string of the molecule is OC[C@@](O)(C#Cc1ccccc1)CCl. The number of rotatable bonds is 2. The molecule has 0 aliphatic carbocycles. The van der Waals surface area contributed by atoms with Gasteiger partial charge in [-0.05, 0) is 12.1 Å². The van der Waals surface area contributed by atoms with E-state index in [1.807, 2.05) is 30.3 Å². The van der Waals surface area contributed by atoms with Crippen LogP contribution in [0.15, 0.2) is 30.3 Å². The highest BCUT2D eigenvalue weighted by Crippen LogP contribution is 2.05. The molecule has 0 aliphatic rings. The van der Waals surface area contributed by atoms with E-state index in [-0.39, 0.29) is 5.88 Å². The highest BCUT2D eigenvalue weighted by Gasteiger charge is 2.21. The molecule has 1 aromatic rings. The molecule has 1 atom stereocenters. The number of hydrogen-bond acceptors (Lipinski definition) is 2. The molecule has 0 saturated carbocycles. The van der Waals surface area contributed by atoms with Crippen molar-refractivity contribution in [3.05, 3.63) is 35.9 Å². The van der Waals surface area contributed by atoms with Crippen LogP contribution < -0.4 is 0 Å². The Labute approximate surface area is 88.1 Å². The minimum Gasteiger partial charge on any atom is -0.392 e. The fraction of sp³-hybridized carbons (Fsp3) is 0.273. The molecule has 0 amide bonds. The molecule has 0 fully saturated rings. The first-order valence-corrected chi connectivity index (χ1v) is 4.71. The normalized spacial score (nSPS) is 13.9. The Morgan fingerprint density at radius 2 is 1.93 bits per heavy atom. The van der Waals surface area contributed by atoms with Gasteiger partial charge >= 0.3 is 0 Å². The molecule has 14 heavy (non-hydrogen) atoms. The van der Waals surface area contributed by atoms with Gasteiger partial charge in [-0.2, -0.15) is 0 Å². The molecule has 0 radical (unpaired) electrons. The van der Waals surface area contributed by atoms with Crippen LogP contribution in [0.2, 0.25) is 0 Å². The maximum absolute atomic E-state index is 9.53. The van der Waals surface area contributed by atoms with Gasteiger partial charge in [0, 0.05) is 5.56 Å². The zero-order valence-electron chi connectivity index (χ0n) is 7.57. The first-order chi connectivity index (χ1) is 6.70. The maximum atomic E-state index is 9.53. The summed E-state index contributed by atoms with van der Waals surface area (Å²) in [7, 11) is 0. The molecule has 3 heteroatoms. The van der Waals surface area contributed by atoms with Crippen LogP contribution in [-0.4, -0.2) is 28.3 Å². The monoisotopic (exact) mass is 210 g/mol. The van der Waals surface area contributed by atoms with Crippen molar-refractivity contribution in [3.63, 3.8) is 0 Å². The minimum absolute atomic E-state index is 0.108. The van der Waals surface area contributed by atoms with Crippen molar-refractivity contribution < 1.29 is 10.2 Å². The number of aliphatic hydroxyl groups is 2. The second-order valence-corrected chi connectivity index (χ2v) is 3.21. The van der Waals surface area contributed by atoms with E-state index in [1.54, 1.807) is 0 Å². The standard InChI is InChI=1S/C11H11ClO2/c12-8-11(14,9-13)7-6-10-4-2-1-3-5-10/h1-5,13-14H,8-9H2/t11-/m1/s1. The van der Waals surface area contributed by atoms with Gasteiger partial charge in [-0.15, -0.1) is 11.6 Å². The molecule has 74 valence electrons. The smallest absolute Gasteiger partial charge is 0.162 e. The summed E-state index contributed by atoms with van der Waals surface area (Å²) in [6, 6.07) is 9.22. The molecule has 0 aromatic heterocycles. The Kier molecular flexibility index (Phi) is 3.97. The largest absolute Gasteiger partial charge is 0.392 e. The molecule has 0 saturated heterocycles. The number of aliphatic hydroxyl groups excluding tert-OH is 1. The summed E-state index contributed by atoms with van der Waals surface area (Å²) in [6.45, 7) is -0.462. The highest BCUT2D eigenvalue weighted by molar-refractivity contribution is 6.18. The van der Waals surface area contributed by atoms with Crippen LogP contribution in [0.1, 0.15) is 5.56 Å². The van der Waals surface area contributed by atoms with Gasteiger partial charge < -0.3 is 10.2 Å². The average Bonchev–Trinajstić information content (AvgIpc) is 2.27. The minimum atomic E-state index is -1.50. The van der Waals surface area contributed by atoms with Crippen LogP contribution in [0.3, 0.4) is 0 Å². The lowest BCUT2D eigenvalue weighted by molar-refractivity contribution is 0.0548. The summed E-state index contributed by atoms with van der Waals surface area (Å²) in [5, 5.41) is 18.4. The van der Waals surface area contributed by atoms with E-state index in [0.29, 0.717) is 0 Å². The summed E-state index contributed by atoms with van der Waals surface area (Å²) >= 11 is 5.46. The Bertz CT molecular complexity index is 333. The van der Waals surface area contributed by atoms with Gasteiger partial charge in [-0.25, -0.2) is 0 Å². The van der Waals surface area contributed by atoms with Gasteiger partial charge in [0.15, 0.2) is 5.60 Å². The third-order valence-corrected chi connectivity index (χ3v) is 2.14. The van der Waals surface area contributed by atoms with Crippen molar-refractivity contribution in [2.24, 2.45) is 0 Å². The average molecular weight is 211 g/mol. The summed E-state index contributed by atoms with van der Waals surface area (Å²) < 4.78 is 0. The Morgan fingerprint density at radius 3 is 2.43 bits per heavy atom. The van der Waals surface area contributed by atoms with E-state index < -0.39 is 12.2 Å². The third kappa shape index (κ3) is 3.04. The first-order valence-electron chi connectivity index (χ1n) is 4.17. The van der Waals surface area contributed by atoms with Crippen molar-refractivity contribution in [2.75, 3.05) is 12.5 Å². The molecule has 0 bridgehead atoms. The Morgan fingerprint density at radius 1 is 1.29 bits per heavy atom. The lowest BCUT2D eigenvalue weighted by Crippen LogP contribution is -2.33. The molecule has 0 unspecified atom stereocenters. The maximum Gasteiger partial charge on any atom is 0.162 e. The fourth-order valence-electron chi connectivity index (χ4n) is 0.825. The van der Waals surface area contributed by atoms with E-state index in [4.69, 9.17) is 16.7 Å². The summed E-state index contributed by atoms with van der Waals surface area (Å²) in [6.07, 6.45) is 0. The van der Waals surface area contributed by atoms with Crippen molar-refractivity contribution >= 4 is 11.6 Å². The zero-order valence-corrected chi connectivity index (χ0v) is 8.33. The lowest BCUT2D eigenvalue weighted by atomic mass is 10.1. The van der Waals surface area contributed by atoms with Crippen molar-refractivity contribution in [2.45, 2.75) is 5.60 Å². The predicted molar refractivity (Wildman–Crippen MR) is 56.1 cm³/mol. The van der Waals surface area contributed by atoms with Crippen LogP contribution in [-0.2, 0) is 0 Å². The second-order valence-electron chi connectivity index (χ2n) is 2.94. The molecule has 0 heterocycles. The van der Waals surface area contributed by atoms with Gasteiger partial charge in [0.25, 0.3) is 0 Å². The number of halogens is 1. The Balaban J connectivity index is 2.82. The number of benzene rings is 1. The van der Waals surface area contributed by atoms with E-state index in [0.717, 1.165) is 5.56 Å². The Hall–Kier alpha value is -1.01. The fourth-order valence-corrected chi connectivity index (χ4v) is 0.977. The van der Waals surface area contributed by atoms with Gasteiger partial charge in [0.1, 0.15) is 0 Å². The van der Waals surface area contributed by atoms with E-state index in [2.05, 4.69) is 11.8 Å². The van der Waals surface area contributed by atoms with Crippen LogP contribution in [0, 0.1) is 11.8 Å². The van der Waals surface area contributed by atoms with Crippen LogP contribution in [0.4, 0.5) is 0 Å². The van der Waals surface area contributed by atoms with Gasteiger partial charge in [-0.3, -0.25) is 0 Å². The highest BCUT2D eigenvalue weighted by atomic mass is 35.5. The quantitative estimate of drug-likeness (QED) is 0.565. The predicted octanol–water partition coefficient (Wildman–Crippen LogP) is 1.00. The van der Waals surface area contributed by atoms with Crippen molar-refractivity contribution in [1.29, 1.82) is 0 Å². The van der Waals surface area contributed by atoms with Gasteiger partial charge in [0.05, 0.1) is 12.5 Å². The molecule has 0 spiro atoms. The zero-order chi connectivity index (χ0) is 10.4. The van der Waals surface area contributed by atoms with Crippen LogP contribution in [0.5, 0.6) is 0 Å². The number of hydrogen-bond donors (Lipinski definition) is 2. The van der Waals surface area contributed by atoms with Crippen molar-refractivity contribution in [1.82, 2.24) is 0 Å². The number of alkyl halides is 1. The van der Waals surface area contributed by atoms with E-state index in [1.165, 1.54) is 0 Å².